The van der Waals surface area contributed by atoms with Crippen LogP contribution in [0.2, 0.25) is 0 Å². The first-order valence-corrected chi connectivity index (χ1v) is 11.2. The van der Waals surface area contributed by atoms with E-state index in [4.69, 9.17) is 9.47 Å². The number of nitrogens with zero attached hydrogens (tertiary/aromatic N) is 1. The standard InChI is InChI=1S/C22H22N2O5S/c1-28-21-14-18(24-11-4-12-30(24,26)27)8-10-20(21)23-22(25)15-29-19-9-7-16-5-2-3-6-17(16)13-19/h2-3,5-10,13-14H,4,11-12,15H2,1H3,(H,23,25). The lowest BCUT2D eigenvalue weighted by molar-refractivity contribution is -0.118. The highest BCUT2D eigenvalue weighted by Crippen LogP contribution is 2.33. The molecule has 0 aliphatic carbocycles. The van der Waals surface area contributed by atoms with Crippen molar-refractivity contribution in [2.24, 2.45) is 0 Å². The summed E-state index contributed by atoms with van der Waals surface area (Å²) in [4.78, 5) is 12.4. The smallest absolute Gasteiger partial charge is 0.262 e. The average molecular weight is 426 g/mol. The first kappa shape index (κ1) is 20.0. The van der Waals surface area contributed by atoms with Crippen molar-refractivity contribution < 1.29 is 22.7 Å². The summed E-state index contributed by atoms with van der Waals surface area (Å²) < 4.78 is 36.6. The van der Waals surface area contributed by atoms with Crippen molar-refractivity contribution in [3.63, 3.8) is 0 Å². The minimum absolute atomic E-state index is 0.139. The molecule has 1 saturated heterocycles. The van der Waals surface area contributed by atoms with Crippen LogP contribution in [0.4, 0.5) is 11.4 Å². The van der Waals surface area contributed by atoms with Gasteiger partial charge in [-0.3, -0.25) is 9.10 Å². The van der Waals surface area contributed by atoms with Gasteiger partial charge in [0.05, 0.1) is 24.2 Å². The molecule has 0 bridgehead atoms. The number of carbonyl (C=O) groups excluding carboxylic acids is 1. The number of ether oxygens (including phenoxy) is 2. The molecule has 1 amide bonds. The van der Waals surface area contributed by atoms with Crippen LogP contribution >= 0.6 is 0 Å². The molecule has 7 nitrogen and oxygen atoms in total. The summed E-state index contributed by atoms with van der Waals surface area (Å²) in [5.41, 5.74) is 0.972. The molecule has 3 aromatic carbocycles. The summed E-state index contributed by atoms with van der Waals surface area (Å²) in [5, 5.41) is 4.88. The molecule has 4 rings (SSSR count). The van der Waals surface area contributed by atoms with E-state index in [-0.39, 0.29) is 18.3 Å². The molecule has 8 heteroatoms. The van der Waals surface area contributed by atoms with Crippen molar-refractivity contribution in [1.29, 1.82) is 0 Å². The molecule has 30 heavy (non-hydrogen) atoms. The van der Waals surface area contributed by atoms with E-state index in [1.165, 1.54) is 11.4 Å². The molecule has 0 atom stereocenters. The van der Waals surface area contributed by atoms with Gasteiger partial charge < -0.3 is 14.8 Å². The van der Waals surface area contributed by atoms with Crippen LogP contribution in [0.3, 0.4) is 0 Å². The molecule has 0 spiro atoms. The highest BCUT2D eigenvalue weighted by Gasteiger charge is 2.29. The Hall–Kier alpha value is -3.26. The van der Waals surface area contributed by atoms with Crippen molar-refractivity contribution >= 4 is 38.1 Å². The van der Waals surface area contributed by atoms with E-state index in [2.05, 4.69) is 5.32 Å². The number of nitrogens with one attached hydrogen (secondary N) is 1. The summed E-state index contributed by atoms with van der Waals surface area (Å²) >= 11 is 0. The number of amides is 1. The van der Waals surface area contributed by atoms with Crippen LogP contribution in [0.15, 0.2) is 60.7 Å². The van der Waals surface area contributed by atoms with Gasteiger partial charge in [-0.2, -0.15) is 0 Å². The van der Waals surface area contributed by atoms with Crippen LogP contribution in [0.25, 0.3) is 10.8 Å². The molecule has 0 aromatic heterocycles. The number of anilines is 2. The predicted molar refractivity (Wildman–Crippen MR) is 117 cm³/mol. The molecule has 1 aliphatic heterocycles. The van der Waals surface area contributed by atoms with Gasteiger partial charge in [0.1, 0.15) is 11.5 Å². The Balaban J connectivity index is 1.43. The first-order chi connectivity index (χ1) is 14.5. The van der Waals surface area contributed by atoms with E-state index in [9.17, 15) is 13.2 Å². The largest absolute Gasteiger partial charge is 0.494 e. The lowest BCUT2D eigenvalue weighted by Gasteiger charge is -2.19. The minimum Gasteiger partial charge on any atom is -0.494 e. The maximum atomic E-state index is 12.4. The van der Waals surface area contributed by atoms with Crippen LogP contribution in [-0.4, -0.2) is 40.3 Å². The van der Waals surface area contributed by atoms with Crippen molar-refractivity contribution in [2.45, 2.75) is 6.42 Å². The monoisotopic (exact) mass is 426 g/mol. The molecule has 1 heterocycles. The molecule has 1 aliphatic rings. The quantitative estimate of drug-likeness (QED) is 0.653. The SMILES string of the molecule is COc1cc(N2CCCS2(=O)=O)ccc1NC(=O)COc1ccc2ccccc2c1. The molecular formula is C22H22N2O5S. The summed E-state index contributed by atoms with van der Waals surface area (Å²) in [7, 11) is -1.81. The molecule has 0 radical (unpaired) electrons. The van der Waals surface area contributed by atoms with Crippen LogP contribution in [0.1, 0.15) is 6.42 Å². The van der Waals surface area contributed by atoms with Gasteiger partial charge >= 0.3 is 0 Å². The molecule has 0 saturated carbocycles. The second kappa shape index (κ2) is 8.23. The minimum atomic E-state index is -3.29. The number of fused-ring (bicyclic) bond motifs is 1. The van der Waals surface area contributed by atoms with E-state index in [0.717, 1.165) is 10.8 Å². The fourth-order valence-corrected chi connectivity index (χ4v) is 5.02. The molecule has 0 unspecified atom stereocenters. The van der Waals surface area contributed by atoms with Crippen molar-refractivity contribution in [1.82, 2.24) is 0 Å². The Labute approximate surface area is 175 Å². The van der Waals surface area contributed by atoms with E-state index in [1.54, 1.807) is 18.2 Å². The van der Waals surface area contributed by atoms with Gasteiger partial charge in [-0.05, 0) is 41.5 Å². The van der Waals surface area contributed by atoms with Crippen LogP contribution < -0.4 is 19.1 Å². The van der Waals surface area contributed by atoms with Crippen LogP contribution in [-0.2, 0) is 14.8 Å². The van der Waals surface area contributed by atoms with Gasteiger partial charge in [-0.1, -0.05) is 30.3 Å². The topological polar surface area (TPSA) is 84.9 Å². The van der Waals surface area contributed by atoms with Gasteiger partial charge in [0, 0.05) is 12.6 Å². The fraction of sp³-hybridized carbons (Fsp3) is 0.227. The molecular weight excluding hydrogens is 404 g/mol. The molecule has 3 aromatic rings. The highest BCUT2D eigenvalue weighted by molar-refractivity contribution is 7.93. The van der Waals surface area contributed by atoms with Crippen molar-refractivity contribution in [2.75, 3.05) is 35.6 Å². The summed E-state index contributed by atoms with van der Waals surface area (Å²) in [6, 6.07) is 18.5. The number of carbonyl (C=O) groups is 1. The second-order valence-electron chi connectivity index (χ2n) is 6.97. The Morgan fingerprint density at radius 1 is 1.07 bits per heavy atom. The zero-order valence-corrected chi connectivity index (χ0v) is 17.3. The third kappa shape index (κ3) is 4.18. The number of benzene rings is 3. The Bertz CT molecular complexity index is 1190. The third-order valence-electron chi connectivity index (χ3n) is 4.94. The number of sulfonamides is 1. The molecule has 156 valence electrons. The molecule has 1 fully saturated rings. The number of hydrogen-bond donors (Lipinski definition) is 1. The zero-order valence-electron chi connectivity index (χ0n) is 16.5. The first-order valence-electron chi connectivity index (χ1n) is 9.56. The van der Waals surface area contributed by atoms with Gasteiger partial charge in [0.25, 0.3) is 5.91 Å². The van der Waals surface area contributed by atoms with E-state index >= 15 is 0 Å². The number of rotatable bonds is 6. The Morgan fingerprint density at radius 2 is 1.87 bits per heavy atom. The normalized spacial score (nSPS) is 15.2. The molecule has 1 N–H and O–H groups in total. The van der Waals surface area contributed by atoms with Gasteiger partial charge in [-0.15, -0.1) is 0 Å². The van der Waals surface area contributed by atoms with Crippen molar-refractivity contribution in [3.8, 4) is 11.5 Å². The third-order valence-corrected chi connectivity index (χ3v) is 6.81. The highest BCUT2D eigenvalue weighted by atomic mass is 32.2. The summed E-state index contributed by atoms with van der Waals surface area (Å²) in [6.45, 7) is 0.278. The number of methoxy groups -OCH3 is 1. The van der Waals surface area contributed by atoms with Crippen LogP contribution in [0, 0.1) is 0 Å². The number of hydrogen-bond acceptors (Lipinski definition) is 5. The Morgan fingerprint density at radius 3 is 2.60 bits per heavy atom. The van der Waals surface area contributed by atoms with Gasteiger partial charge in [-0.25, -0.2) is 8.42 Å². The van der Waals surface area contributed by atoms with Gasteiger partial charge in [0.15, 0.2) is 6.61 Å². The van der Waals surface area contributed by atoms with E-state index in [1.807, 2.05) is 42.5 Å². The predicted octanol–water partition coefficient (Wildman–Crippen LogP) is 3.41. The second-order valence-corrected chi connectivity index (χ2v) is 8.98. The van der Waals surface area contributed by atoms with Gasteiger partial charge in [0.2, 0.25) is 10.0 Å². The fourth-order valence-electron chi connectivity index (χ4n) is 3.46. The zero-order chi connectivity index (χ0) is 21.1. The summed E-state index contributed by atoms with van der Waals surface area (Å²) in [5.74, 6) is 0.780. The average Bonchev–Trinajstić information content (AvgIpc) is 3.11. The van der Waals surface area contributed by atoms with E-state index in [0.29, 0.717) is 35.8 Å². The lowest BCUT2D eigenvalue weighted by Crippen LogP contribution is -2.25. The Kier molecular flexibility index (Phi) is 5.50. The summed E-state index contributed by atoms with van der Waals surface area (Å²) in [6.07, 6.45) is 0.593. The van der Waals surface area contributed by atoms with E-state index < -0.39 is 10.0 Å². The maximum Gasteiger partial charge on any atom is 0.262 e. The van der Waals surface area contributed by atoms with Crippen LogP contribution in [0.5, 0.6) is 11.5 Å². The van der Waals surface area contributed by atoms with Crippen molar-refractivity contribution in [3.05, 3.63) is 60.7 Å². The maximum absolute atomic E-state index is 12.4. The lowest BCUT2D eigenvalue weighted by atomic mass is 10.1.